The molecule has 5 heteroatoms. The fourth-order valence-electron chi connectivity index (χ4n) is 1.89. The summed E-state index contributed by atoms with van der Waals surface area (Å²) in [6.07, 6.45) is 0. The number of rotatable bonds is 7. The number of para-hydroxylation sites is 1. The number of carbonyl (C=O) groups is 1. The highest BCUT2D eigenvalue weighted by atomic mass is 16.5. The lowest BCUT2D eigenvalue weighted by molar-refractivity contribution is 0.000658. The Morgan fingerprint density at radius 2 is 2.00 bits per heavy atom. The van der Waals surface area contributed by atoms with Crippen LogP contribution in [-0.4, -0.2) is 31.3 Å². The van der Waals surface area contributed by atoms with E-state index in [0.29, 0.717) is 36.7 Å². The average molecular weight is 280 g/mol. The summed E-state index contributed by atoms with van der Waals surface area (Å²) < 4.78 is 10.7. The van der Waals surface area contributed by atoms with E-state index < -0.39 is 0 Å². The Bertz CT molecular complexity index is 458. The first-order chi connectivity index (χ1) is 9.41. The van der Waals surface area contributed by atoms with Crippen LogP contribution in [-0.2, 0) is 9.47 Å². The number of ether oxygens (including phenoxy) is 2. The van der Waals surface area contributed by atoms with Crippen molar-refractivity contribution in [1.29, 1.82) is 0 Å². The molecule has 0 spiro atoms. The van der Waals surface area contributed by atoms with Crippen LogP contribution in [0.15, 0.2) is 18.2 Å². The molecule has 0 saturated carbocycles. The maximum atomic E-state index is 11.9. The molecule has 112 valence electrons. The molecule has 0 unspecified atom stereocenters. The first-order valence-corrected chi connectivity index (χ1v) is 6.84. The highest BCUT2D eigenvalue weighted by Gasteiger charge is 2.20. The summed E-state index contributed by atoms with van der Waals surface area (Å²) in [6, 6.07) is 5.18. The average Bonchev–Trinajstić information content (AvgIpc) is 2.37. The van der Waals surface area contributed by atoms with E-state index >= 15 is 0 Å². The van der Waals surface area contributed by atoms with Gasteiger partial charge in [0.25, 0.3) is 0 Å². The topological polar surface area (TPSA) is 73.6 Å². The number of hydrogen-bond acceptors (Lipinski definition) is 5. The summed E-state index contributed by atoms with van der Waals surface area (Å²) in [5.74, 6) is -0.378. The number of nitrogens with one attached hydrogen (secondary N) is 1. The van der Waals surface area contributed by atoms with E-state index in [1.54, 1.807) is 25.1 Å². The third-order valence-corrected chi connectivity index (χ3v) is 2.82. The second kappa shape index (κ2) is 7.14. The van der Waals surface area contributed by atoms with Gasteiger partial charge in [0.1, 0.15) is 0 Å². The third kappa shape index (κ3) is 4.42. The molecular formula is C15H24N2O3. The molecular weight excluding hydrogens is 256 g/mol. The van der Waals surface area contributed by atoms with Crippen LogP contribution in [0.3, 0.4) is 0 Å². The van der Waals surface area contributed by atoms with E-state index in [1.165, 1.54) is 0 Å². The summed E-state index contributed by atoms with van der Waals surface area (Å²) >= 11 is 0. The van der Waals surface area contributed by atoms with Crippen LogP contribution < -0.4 is 11.1 Å². The molecule has 0 radical (unpaired) electrons. The molecule has 3 N–H and O–H groups in total. The summed E-state index contributed by atoms with van der Waals surface area (Å²) in [5.41, 5.74) is 7.16. The summed E-state index contributed by atoms with van der Waals surface area (Å²) in [4.78, 5) is 11.9. The molecule has 0 aliphatic heterocycles. The van der Waals surface area contributed by atoms with Gasteiger partial charge in [-0.1, -0.05) is 6.07 Å². The van der Waals surface area contributed by atoms with Crippen LogP contribution in [0.2, 0.25) is 0 Å². The normalized spacial score (nSPS) is 11.2. The van der Waals surface area contributed by atoms with Crippen LogP contribution in [0.1, 0.15) is 38.1 Å². The van der Waals surface area contributed by atoms with E-state index in [9.17, 15) is 4.79 Å². The molecule has 1 aromatic rings. The highest BCUT2D eigenvalue weighted by Crippen LogP contribution is 2.25. The van der Waals surface area contributed by atoms with E-state index in [4.69, 9.17) is 15.2 Å². The molecule has 0 bridgehead atoms. The van der Waals surface area contributed by atoms with Gasteiger partial charge in [-0.3, -0.25) is 0 Å². The molecule has 0 heterocycles. The van der Waals surface area contributed by atoms with Gasteiger partial charge in [-0.15, -0.1) is 0 Å². The Balaban J connectivity index is 2.91. The minimum atomic E-state index is -0.378. The molecule has 0 aliphatic carbocycles. The Morgan fingerprint density at radius 1 is 1.30 bits per heavy atom. The molecule has 0 amide bonds. The van der Waals surface area contributed by atoms with Crippen molar-refractivity contribution in [3.8, 4) is 0 Å². The number of benzene rings is 1. The predicted molar refractivity (Wildman–Crippen MR) is 81.0 cm³/mol. The maximum Gasteiger partial charge on any atom is 0.340 e. The quantitative estimate of drug-likeness (QED) is 0.593. The summed E-state index contributed by atoms with van der Waals surface area (Å²) in [6.45, 7) is 9.18. The molecule has 20 heavy (non-hydrogen) atoms. The maximum absolute atomic E-state index is 11.9. The van der Waals surface area contributed by atoms with Crippen molar-refractivity contribution in [3.63, 3.8) is 0 Å². The number of nitrogens with two attached hydrogens (primary N) is 1. The van der Waals surface area contributed by atoms with Gasteiger partial charge in [-0.25, -0.2) is 4.79 Å². The molecule has 0 aliphatic rings. The van der Waals surface area contributed by atoms with Gasteiger partial charge in [0.15, 0.2) is 0 Å². The van der Waals surface area contributed by atoms with Crippen LogP contribution in [0.25, 0.3) is 0 Å². The molecule has 5 nitrogen and oxygen atoms in total. The van der Waals surface area contributed by atoms with Gasteiger partial charge in [0.05, 0.1) is 29.1 Å². The molecule has 1 aromatic carbocycles. The number of carbonyl (C=O) groups excluding carboxylic acids is 1. The minimum absolute atomic E-state index is 0.331. The molecule has 0 saturated heterocycles. The van der Waals surface area contributed by atoms with Crippen molar-refractivity contribution < 1.29 is 14.3 Å². The smallest absolute Gasteiger partial charge is 0.340 e. The first kappa shape index (κ1) is 16.3. The van der Waals surface area contributed by atoms with Gasteiger partial charge in [-0.05, 0) is 39.8 Å². The molecule has 0 fully saturated rings. The standard InChI is InChI=1S/C15H24N2O3/c1-5-19-14(18)11-8-7-9-12(16)13(11)17-10-15(3,4)20-6-2/h7-9,17H,5-6,10,16H2,1-4H3. The fraction of sp³-hybridized carbons (Fsp3) is 0.533. The predicted octanol–water partition coefficient (Wildman–Crippen LogP) is 2.67. The zero-order chi connectivity index (χ0) is 15.2. The lowest BCUT2D eigenvalue weighted by atomic mass is 10.1. The number of esters is 1. The third-order valence-electron chi connectivity index (χ3n) is 2.82. The van der Waals surface area contributed by atoms with Crippen molar-refractivity contribution in [2.45, 2.75) is 33.3 Å². The number of anilines is 2. The second-order valence-electron chi connectivity index (χ2n) is 5.04. The molecule has 0 aromatic heterocycles. The Hall–Kier alpha value is -1.75. The zero-order valence-corrected chi connectivity index (χ0v) is 12.7. The number of nitrogen functional groups attached to an aromatic ring is 1. The van der Waals surface area contributed by atoms with Gasteiger partial charge in [-0.2, -0.15) is 0 Å². The van der Waals surface area contributed by atoms with Crippen molar-refractivity contribution in [2.24, 2.45) is 0 Å². The Morgan fingerprint density at radius 3 is 2.60 bits per heavy atom. The monoisotopic (exact) mass is 280 g/mol. The molecule has 1 rings (SSSR count). The largest absolute Gasteiger partial charge is 0.462 e. The van der Waals surface area contributed by atoms with Gasteiger partial charge < -0.3 is 20.5 Å². The summed E-state index contributed by atoms with van der Waals surface area (Å²) in [7, 11) is 0. The minimum Gasteiger partial charge on any atom is -0.462 e. The van der Waals surface area contributed by atoms with Crippen molar-refractivity contribution in [3.05, 3.63) is 23.8 Å². The van der Waals surface area contributed by atoms with Gasteiger partial charge >= 0.3 is 5.97 Å². The second-order valence-corrected chi connectivity index (χ2v) is 5.04. The van der Waals surface area contributed by atoms with Crippen molar-refractivity contribution in [2.75, 3.05) is 30.8 Å². The van der Waals surface area contributed by atoms with Gasteiger partial charge in [0.2, 0.25) is 0 Å². The lowest BCUT2D eigenvalue weighted by Gasteiger charge is -2.26. The van der Waals surface area contributed by atoms with Crippen LogP contribution in [0, 0.1) is 0 Å². The van der Waals surface area contributed by atoms with E-state index in [2.05, 4.69) is 5.32 Å². The van der Waals surface area contributed by atoms with Crippen molar-refractivity contribution >= 4 is 17.3 Å². The van der Waals surface area contributed by atoms with E-state index in [1.807, 2.05) is 20.8 Å². The van der Waals surface area contributed by atoms with Crippen molar-refractivity contribution in [1.82, 2.24) is 0 Å². The SMILES string of the molecule is CCOC(=O)c1cccc(N)c1NCC(C)(C)OCC. The number of hydrogen-bond donors (Lipinski definition) is 2. The van der Waals surface area contributed by atoms with Crippen LogP contribution in [0.4, 0.5) is 11.4 Å². The molecule has 0 atom stereocenters. The fourth-order valence-corrected chi connectivity index (χ4v) is 1.89. The Labute approximate surface area is 120 Å². The summed E-state index contributed by atoms with van der Waals surface area (Å²) in [5, 5.41) is 3.20. The zero-order valence-electron chi connectivity index (χ0n) is 12.7. The van der Waals surface area contributed by atoms with Gasteiger partial charge in [0, 0.05) is 13.2 Å². The highest BCUT2D eigenvalue weighted by molar-refractivity contribution is 5.98. The first-order valence-electron chi connectivity index (χ1n) is 6.84. The van der Waals surface area contributed by atoms with Crippen LogP contribution in [0.5, 0.6) is 0 Å². The van der Waals surface area contributed by atoms with E-state index in [0.717, 1.165) is 0 Å². The Kier molecular flexibility index (Phi) is 5.82. The van der Waals surface area contributed by atoms with Crippen LogP contribution >= 0.6 is 0 Å². The van der Waals surface area contributed by atoms with E-state index in [-0.39, 0.29) is 11.6 Å². The lowest BCUT2D eigenvalue weighted by Crippen LogP contribution is -2.34.